The molecule has 0 aliphatic carbocycles. The van der Waals surface area contributed by atoms with E-state index in [0.717, 1.165) is 0 Å². The minimum Gasteiger partial charge on any atom is -0.493 e. The maximum atomic E-state index is 8.06. The molecule has 5 nitrogen and oxygen atoms in total. The quantitative estimate of drug-likeness (QED) is 0.311. The van der Waals surface area contributed by atoms with Crippen LogP contribution in [0.1, 0.15) is 6.42 Å². The minimum atomic E-state index is 0.450. The van der Waals surface area contributed by atoms with Crippen molar-refractivity contribution in [2.75, 3.05) is 20.3 Å². The van der Waals surface area contributed by atoms with Gasteiger partial charge < -0.3 is 9.47 Å². The van der Waals surface area contributed by atoms with Crippen LogP contribution in [0.15, 0.2) is 29.4 Å². The van der Waals surface area contributed by atoms with Crippen molar-refractivity contribution in [3.8, 4) is 11.5 Å². The predicted octanol–water partition coefficient (Wildman–Crippen LogP) is 2.77. The van der Waals surface area contributed by atoms with Gasteiger partial charge in [0.15, 0.2) is 11.5 Å². The van der Waals surface area contributed by atoms with Crippen LogP contribution in [0.2, 0.25) is 0 Å². The van der Waals surface area contributed by atoms with E-state index in [1.54, 1.807) is 7.11 Å². The molecule has 15 heavy (non-hydrogen) atoms. The molecule has 1 rings (SSSR count). The summed E-state index contributed by atoms with van der Waals surface area (Å²) in [7, 11) is 1.60. The molecule has 0 spiro atoms. The number of azide groups is 1. The van der Waals surface area contributed by atoms with Crippen molar-refractivity contribution >= 4 is 0 Å². The Kier molecular flexibility index (Phi) is 4.90. The smallest absolute Gasteiger partial charge is 0.161 e. The minimum absolute atomic E-state index is 0.450. The van der Waals surface area contributed by atoms with Crippen molar-refractivity contribution in [1.82, 2.24) is 0 Å². The fraction of sp³-hybridized carbons (Fsp3) is 0.400. The molecule has 0 bridgehead atoms. The third kappa shape index (κ3) is 3.79. The van der Waals surface area contributed by atoms with Crippen LogP contribution >= 0.6 is 0 Å². The summed E-state index contributed by atoms with van der Waals surface area (Å²) in [5.41, 5.74) is 8.06. The molecule has 0 fully saturated rings. The van der Waals surface area contributed by atoms with Gasteiger partial charge in [-0.25, -0.2) is 0 Å². The maximum Gasteiger partial charge on any atom is 0.161 e. The zero-order valence-corrected chi connectivity index (χ0v) is 8.59. The van der Waals surface area contributed by atoms with Crippen LogP contribution in [0.25, 0.3) is 10.4 Å². The lowest BCUT2D eigenvalue weighted by atomic mass is 10.3. The van der Waals surface area contributed by atoms with E-state index in [4.69, 9.17) is 15.0 Å². The summed E-state index contributed by atoms with van der Waals surface area (Å²) in [6.45, 7) is 0.963. The molecule has 0 radical (unpaired) electrons. The van der Waals surface area contributed by atoms with Gasteiger partial charge in [0.1, 0.15) is 0 Å². The molecule has 1 aromatic rings. The molecule has 1 aromatic carbocycles. The Balaban J connectivity index is 2.39. The Bertz CT molecular complexity index is 348. The summed E-state index contributed by atoms with van der Waals surface area (Å²) in [5.74, 6) is 1.42. The summed E-state index contributed by atoms with van der Waals surface area (Å²) in [6, 6.07) is 7.44. The first-order valence-corrected chi connectivity index (χ1v) is 4.65. The van der Waals surface area contributed by atoms with Crippen LogP contribution < -0.4 is 9.47 Å². The third-order valence-corrected chi connectivity index (χ3v) is 1.79. The number of methoxy groups -OCH3 is 1. The average Bonchev–Trinajstić information content (AvgIpc) is 2.29. The summed E-state index contributed by atoms with van der Waals surface area (Å²) in [6.07, 6.45) is 0.697. The van der Waals surface area contributed by atoms with E-state index in [9.17, 15) is 0 Å². The standard InChI is InChI=1S/C10H13N3O2/c1-14-9-5-2-3-6-10(9)15-8-4-7-12-13-11/h2-3,5-6H,4,7-8H2,1H3. The topological polar surface area (TPSA) is 67.2 Å². The van der Waals surface area contributed by atoms with E-state index < -0.39 is 0 Å². The monoisotopic (exact) mass is 207 g/mol. The number of benzene rings is 1. The van der Waals surface area contributed by atoms with Gasteiger partial charge in [0, 0.05) is 11.5 Å². The summed E-state index contributed by atoms with van der Waals surface area (Å²) < 4.78 is 10.6. The fourth-order valence-corrected chi connectivity index (χ4v) is 1.10. The molecule has 0 amide bonds. The highest BCUT2D eigenvalue weighted by molar-refractivity contribution is 5.39. The maximum absolute atomic E-state index is 8.06. The third-order valence-electron chi connectivity index (χ3n) is 1.79. The van der Waals surface area contributed by atoms with Gasteiger partial charge in [0.05, 0.1) is 13.7 Å². The molecule has 0 unspecified atom stereocenters. The van der Waals surface area contributed by atoms with E-state index in [1.165, 1.54) is 0 Å². The van der Waals surface area contributed by atoms with Crippen molar-refractivity contribution in [2.24, 2.45) is 5.11 Å². The second-order valence-electron chi connectivity index (χ2n) is 2.81. The van der Waals surface area contributed by atoms with Gasteiger partial charge in [-0.2, -0.15) is 0 Å². The normalized spacial score (nSPS) is 9.13. The van der Waals surface area contributed by atoms with Gasteiger partial charge in [-0.3, -0.25) is 0 Å². The van der Waals surface area contributed by atoms with E-state index >= 15 is 0 Å². The van der Waals surface area contributed by atoms with Crippen LogP contribution in [0.4, 0.5) is 0 Å². The molecule has 80 valence electrons. The number of hydrogen-bond acceptors (Lipinski definition) is 3. The van der Waals surface area contributed by atoms with Crippen LogP contribution in [0.5, 0.6) is 11.5 Å². The van der Waals surface area contributed by atoms with E-state index in [0.29, 0.717) is 31.1 Å². The van der Waals surface area contributed by atoms with Gasteiger partial charge in [-0.05, 0) is 24.1 Å². The Morgan fingerprint density at radius 2 is 2.07 bits per heavy atom. The Labute approximate surface area is 88.3 Å². The number of ether oxygens (including phenoxy) is 2. The second kappa shape index (κ2) is 6.56. The van der Waals surface area contributed by atoms with Gasteiger partial charge >= 0.3 is 0 Å². The fourth-order valence-electron chi connectivity index (χ4n) is 1.10. The zero-order chi connectivity index (χ0) is 10.9. The lowest BCUT2D eigenvalue weighted by molar-refractivity contribution is 0.291. The van der Waals surface area contributed by atoms with Crippen molar-refractivity contribution in [3.63, 3.8) is 0 Å². The first kappa shape index (κ1) is 11.2. The van der Waals surface area contributed by atoms with Gasteiger partial charge in [-0.15, -0.1) is 0 Å². The zero-order valence-electron chi connectivity index (χ0n) is 8.59. The highest BCUT2D eigenvalue weighted by Gasteiger charge is 2.00. The molecule has 5 heteroatoms. The van der Waals surface area contributed by atoms with Crippen molar-refractivity contribution in [3.05, 3.63) is 34.7 Å². The average molecular weight is 207 g/mol. The molecule has 0 saturated carbocycles. The summed E-state index contributed by atoms with van der Waals surface area (Å²) in [4.78, 5) is 2.66. The number of nitrogens with zero attached hydrogens (tertiary/aromatic N) is 3. The molecule has 0 aliphatic rings. The second-order valence-corrected chi connectivity index (χ2v) is 2.81. The van der Waals surface area contributed by atoms with E-state index in [2.05, 4.69) is 10.0 Å². The molecule has 0 aliphatic heterocycles. The van der Waals surface area contributed by atoms with Gasteiger partial charge in [0.2, 0.25) is 0 Å². The van der Waals surface area contributed by atoms with Crippen molar-refractivity contribution in [1.29, 1.82) is 0 Å². The first-order valence-electron chi connectivity index (χ1n) is 4.65. The van der Waals surface area contributed by atoms with E-state index in [-0.39, 0.29) is 0 Å². The van der Waals surface area contributed by atoms with Crippen LogP contribution in [-0.4, -0.2) is 20.3 Å². The molecule has 0 heterocycles. The lowest BCUT2D eigenvalue weighted by Gasteiger charge is -2.09. The number of rotatable bonds is 6. The molecular formula is C10H13N3O2. The van der Waals surface area contributed by atoms with Crippen LogP contribution in [0, 0.1) is 0 Å². The predicted molar refractivity (Wildman–Crippen MR) is 57.1 cm³/mol. The van der Waals surface area contributed by atoms with Crippen molar-refractivity contribution < 1.29 is 9.47 Å². The number of hydrogen-bond donors (Lipinski definition) is 0. The molecule has 0 aromatic heterocycles. The highest BCUT2D eigenvalue weighted by Crippen LogP contribution is 2.25. The summed E-state index contributed by atoms with van der Waals surface area (Å²) >= 11 is 0. The molecular weight excluding hydrogens is 194 g/mol. The summed E-state index contributed by atoms with van der Waals surface area (Å²) in [5, 5.41) is 3.41. The van der Waals surface area contributed by atoms with Crippen LogP contribution in [0.3, 0.4) is 0 Å². The van der Waals surface area contributed by atoms with Gasteiger partial charge in [-0.1, -0.05) is 17.2 Å². The SMILES string of the molecule is COc1ccccc1OCCCN=[N+]=[N-]. The Morgan fingerprint density at radius 1 is 1.33 bits per heavy atom. The first-order chi connectivity index (χ1) is 7.38. The van der Waals surface area contributed by atoms with Crippen LogP contribution in [-0.2, 0) is 0 Å². The largest absolute Gasteiger partial charge is 0.493 e. The van der Waals surface area contributed by atoms with Crippen molar-refractivity contribution in [2.45, 2.75) is 6.42 Å². The molecule has 0 N–H and O–H groups in total. The molecule has 0 saturated heterocycles. The Hall–Kier alpha value is -1.87. The lowest BCUT2D eigenvalue weighted by Crippen LogP contribution is -2.00. The number of para-hydroxylation sites is 2. The van der Waals surface area contributed by atoms with Gasteiger partial charge in [0.25, 0.3) is 0 Å². The molecule has 0 atom stereocenters. The highest BCUT2D eigenvalue weighted by atomic mass is 16.5. The van der Waals surface area contributed by atoms with E-state index in [1.807, 2.05) is 24.3 Å². The Morgan fingerprint density at radius 3 is 2.73 bits per heavy atom.